The molecule has 0 N–H and O–H groups in total. The van der Waals surface area contributed by atoms with Gasteiger partial charge in [-0.15, -0.1) is 0 Å². The molecule has 10 aromatic carbocycles. The minimum atomic E-state index is 1.10. The second kappa shape index (κ2) is 15.9. The van der Waals surface area contributed by atoms with Crippen LogP contribution in [0.2, 0.25) is 0 Å². The Kier molecular flexibility index (Phi) is 9.73. The number of hydrogen-bond acceptors (Lipinski definition) is 2. The first kappa shape index (κ1) is 36.6. The number of anilines is 5. The van der Waals surface area contributed by atoms with Crippen LogP contribution in [0.1, 0.15) is 18.1 Å². The van der Waals surface area contributed by atoms with Gasteiger partial charge < -0.3 is 9.80 Å². The minimum absolute atomic E-state index is 1.10. The highest BCUT2D eigenvalue weighted by Crippen LogP contribution is 2.47. The molecule has 0 fully saturated rings. The van der Waals surface area contributed by atoms with Gasteiger partial charge in [-0.2, -0.15) is 0 Å². The van der Waals surface area contributed by atoms with Gasteiger partial charge in [0.25, 0.3) is 0 Å². The minimum Gasteiger partial charge on any atom is -0.314 e. The molecule has 60 heavy (non-hydrogen) atoms. The number of fused-ring (bicyclic) bond motifs is 3. The third-order valence-corrected chi connectivity index (χ3v) is 11.7. The highest BCUT2D eigenvalue weighted by Gasteiger charge is 2.23. The van der Waals surface area contributed by atoms with Gasteiger partial charge in [0.1, 0.15) is 0 Å². The Morgan fingerprint density at radius 2 is 0.800 bits per heavy atom. The van der Waals surface area contributed by atoms with Gasteiger partial charge in [0.05, 0.1) is 0 Å². The van der Waals surface area contributed by atoms with Crippen molar-refractivity contribution < 1.29 is 0 Å². The third kappa shape index (κ3) is 6.89. The maximum Gasteiger partial charge on any atom is 0.0468 e. The van der Waals surface area contributed by atoms with Crippen molar-refractivity contribution in [2.75, 3.05) is 9.80 Å². The molecule has 0 atom stereocenters. The van der Waals surface area contributed by atoms with Gasteiger partial charge in [0, 0.05) is 34.1 Å². The molecule has 10 rings (SSSR count). The first-order valence-electron chi connectivity index (χ1n) is 20.7. The molecule has 10 aromatic rings. The lowest BCUT2D eigenvalue weighted by molar-refractivity contribution is 1.17. The normalized spacial score (nSPS) is 11.6. The van der Waals surface area contributed by atoms with Crippen LogP contribution in [0.25, 0.3) is 60.6 Å². The van der Waals surface area contributed by atoms with Crippen LogP contribution >= 0.6 is 0 Å². The topological polar surface area (TPSA) is 6.48 Å². The summed E-state index contributed by atoms with van der Waals surface area (Å²) < 4.78 is 0. The van der Waals surface area contributed by atoms with Crippen molar-refractivity contribution in [3.63, 3.8) is 0 Å². The van der Waals surface area contributed by atoms with Crippen molar-refractivity contribution in [2.24, 2.45) is 0 Å². The van der Waals surface area contributed by atoms with E-state index >= 15 is 0 Å². The SMILES string of the molecule is C/C(=C\c1c(C)c(-c2ccc3ccccc3c2)c2cc(N(c3ccccc3)c3ccccc3)ccc2c1-c1ccc2ccccc2c1)N(c1ccccc1)c1ccccc1. The number of benzene rings is 10. The van der Waals surface area contributed by atoms with Crippen molar-refractivity contribution in [1.82, 2.24) is 0 Å². The van der Waals surface area contributed by atoms with Crippen LogP contribution in [0.3, 0.4) is 0 Å². The predicted octanol–water partition coefficient (Wildman–Crippen LogP) is 16.5. The molecule has 0 bridgehead atoms. The number of nitrogens with zero attached hydrogens (tertiary/aromatic N) is 2. The Bertz CT molecular complexity index is 3070. The summed E-state index contributed by atoms with van der Waals surface area (Å²) in [5, 5.41) is 7.31. The Labute approximate surface area is 352 Å². The number of hydrogen-bond donors (Lipinski definition) is 0. The van der Waals surface area contributed by atoms with E-state index in [-0.39, 0.29) is 0 Å². The molecule has 0 aromatic heterocycles. The molecule has 0 aliphatic carbocycles. The molecule has 0 heterocycles. The molecule has 0 amide bonds. The van der Waals surface area contributed by atoms with Gasteiger partial charge in [-0.1, -0.05) is 152 Å². The summed E-state index contributed by atoms with van der Waals surface area (Å²) in [4.78, 5) is 4.73. The van der Waals surface area contributed by atoms with Gasteiger partial charge >= 0.3 is 0 Å². The average Bonchev–Trinajstić information content (AvgIpc) is 3.31. The zero-order valence-corrected chi connectivity index (χ0v) is 33.8. The van der Waals surface area contributed by atoms with Gasteiger partial charge in [-0.3, -0.25) is 0 Å². The molecule has 2 heteroatoms. The highest BCUT2D eigenvalue weighted by atomic mass is 15.1. The fourth-order valence-electron chi connectivity index (χ4n) is 8.90. The molecule has 0 spiro atoms. The first-order valence-corrected chi connectivity index (χ1v) is 20.7. The smallest absolute Gasteiger partial charge is 0.0468 e. The maximum absolute atomic E-state index is 2.41. The summed E-state index contributed by atoms with van der Waals surface area (Å²) in [6, 6.07) is 81.1. The summed E-state index contributed by atoms with van der Waals surface area (Å²) in [5.74, 6) is 0. The van der Waals surface area contributed by atoms with Crippen LogP contribution < -0.4 is 9.80 Å². The van der Waals surface area contributed by atoms with Crippen molar-refractivity contribution in [3.8, 4) is 22.3 Å². The van der Waals surface area contributed by atoms with Crippen molar-refractivity contribution >= 4 is 66.8 Å². The fraction of sp³-hybridized carbons (Fsp3) is 0.0345. The van der Waals surface area contributed by atoms with E-state index in [0.29, 0.717) is 0 Å². The molecule has 0 saturated carbocycles. The van der Waals surface area contributed by atoms with Crippen LogP contribution in [0.4, 0.5) is 28.4 Å². The fourth-order valence-corrected chi connectivity index (χ4v) is 8.90. The summed E-state index contributed by atoms with van der Waals surface area (Å²) in [7, 11) is 0. The lowest BCUT2D eigenvalue weighted by Gasteiger charge is -2.28. The average molecular weight is 769 g/mol. The molecule has 0 aliphatic rings. The molecular formula is C58H44N2. The van der Waals surface area contributed by atoms with E-state index < -0.39 is 0 Å². The summed E-state index contributed by atoms with van der Waals surface area (Å²) in [6.45, 7) is 4.56. The Morgan fingerprint density at radius 1 is 0.367 bits per heavy atom. The van der Waals surface area contributed by atoms with E-state index in [9.17, 15) is 0 Å². The Morgan fingerprint density at radius 3 is 1.30 bits per heavy atom. The van der Waals surface area contributed by atoms with E-state index in [1.807, 2.05) is 0 Å². The zero-order valence-electron chi connectivity index (χ0n) is 33.8. The molecule has 0 aliphatic heterocycles. The van der Waals surface area contributed by atoms with E-state index in [1.165, 1.54) is 65.7 Å². The van der Waals surface area contributed by atoms with Crippen molar-refractivity contribution in [2.45, 2.75) is 13.8 Å². The molecular weight excluding hydrogens is 725 g/mol. The number of rotatable bonds is 9. The van der Waals surface area contributed by atoms with Crippen molar-refractivity contribution in [1.29, 1.82) is 0 Å². The van der Waals surface area contributed by atoms with Crippen LogP contribution in [0.5, 0.6) is 0 Å². The molecule has 0 saturated heterocycles. The van der Waals surface area contributed by atoms with Gasteiger partial charge in [-0.05, 0) is 158 Å². The lowest BCUT2D eigenvalue weighted by atomic mass is 9.82. The lowest BCUT2D eigenvalue weighted by Crippen LogP contribution is -2.14. The molecule has 286 valence electrons. The van der Waals surface area contributed by atoms with E-state index in [0.717, 1.165) is 34.1 Å². The highest BCUT2D eigenvalue weighted by molar-refractivity contribution is 6.12. The largest absolute Gasteiger partial charge is 0.314 e. The van der Waals surface area contributed by atoms with E-state index in [2.05, 4.69) is 254 Å². The number of allylic oxidation sites excluding steroid dienone is 1. The summed E-state index contributed by atoms with van der Waals surface area (Å²) >= 11 is 0. The molecule has 0 radical (unpaired) electrons. The van der Waals surface area contributed by atoms with E-state index in [1.54, 1.807) is 0 Å². The summed E-state index contributed by atoms with van der Waals surface area (Å²) in [6.07, 6.45) is 2.41. The summed E-state index contributed by atoms with van der Waals surface area (Å²) in [5.41, 5.74) is 13.9. The monoisotopic (exact) mass is 768 g/mol. The predicted molar refractivity (Wildman–Crippen MR) is 258 cm³/mol. The van der Waals surface area contributed by atoms with Crippen LogP contribution in [-0.2, 0) is 0 Å². The quantitative estimate of drug-likeness (QED) is 0.144. The second-order valence-corrected chi connectivity index (χ2v) is 15.4. The molecule has 2 nitrogen and oxygen atoms in total. The van der Waals surface area contributed by atoms with Gasteiger partial charge in [0.2, 0.25) is 0 Å². The third-order valence-electron chi connectivity index (χ3n) is 11.7. The maximum atomic E-state index is 2.41. The van der Waals surface area contributed by atoms with Crippen LogP contribution in [0.15, 0.2) is 230 Å². The van der Waals surface area contributed by atoms with Crippen molar-refractivity contribution in [3.05, 3.63) is 241 Å². The first-order chi connectivity index (χ1) is 29.6. The Hall–Kier alpha value is -7.68. The van der Waals surface area contributed by atoms with Crippen LogP contribution in [-0.4, -0.2) is 0 Å². The zero-order chi connectivity index (χ0) is 40.4. The van der Waals surface area contributed by atoms with Gasteiger partial charge in [-0.25, -0.2) is 0 Å². The van der Waals surface area contributed by atoms with Crippen LogP contribution in [0, 0.1) is 6.92 Å². The molecule has 0 unspecified atom stereocenters. The standard InChI is InChI=1S/C58H44N2/c1-41(59(49-23-7-3-8-24-49)50-25-9-4-10-26-50)37-55-42(2)57(47-33-31-43-19-15-17-21-45(43)38-47)56-40-53(60(51-27-11-5-12-28-51)52-29-13-6-14-30-52)35-36-54(56)58(55)48-34-32-44-20-16-18-22-46(44)39-48/h3-40H,1-2H3/b41-37+. The van der Waals surface area contributed by atoms with Gasteiger partial charge in [0.15, 0.2) is 0 Å². The van der Waals surface area contributed by atoms with E-state index in [4.69, 9.17) is 0 Å². The Balaban J connectivity index is 1.31. The number of para-hydroxylation sites is 4. The second-order valence-electron chi connectivity index (χ2n) is 15.4.